The summed E-state index contributed by atoms with van der Waals surface area (Å²) in [7, 11) is 4.71. The predicted octanol–water partition coefficient (Wildman–Crippen LogP) is 5.53. The highest BCUT2D eigenvalue weighted by Crippen LogP contribution is 2.33. The minimum Gasteiger partial charge on any atom is -0.497 e. The molecule has 0 spiro atoms. The number of ether oxygens (including phenoxy) is 3. The third-order valence-electron chi connectivity index (χ3n) is 5.61. The number of thioether (sulfide) groups is 1. The molecule has 1 N–H and O–H groups in total. The van der Waals surface area contributed by atoms with Gasteiger partial charge in [-0.3, -0.25) is 14.5 Å². The molecular formula is C27H26ClN3O5S. The van der Waals surface area contributed by atoms with E-state index in [-0.39, 0.29) is 24.8 Å². The standard InChI is InChI=1S/C27H26ClN3O5S/c1-34-21-10-8-19(9-11-21)30-27-31(16-17-7-12-22(35-2)23(13-17)36-3)25(32)15-24(37-27)26(33)29-20-6-4-5-18(28)14-20/h4-14,24H,15-16H2,1-3H3,(H,29,33). The molecule has 0 aliphatic carbocycles. The second-order valence-electron chi connectivity index (χ2n) is 8.07. The van der Waals surface area contributed by atoms with Crippen LogP contribution in [-0.4, -0.2) is 48.5 Å². The molecule has 3 aromatic rings. The SMILES string of the molecule is COc1ccc(N=C2SC(C(=O)Nc3cccc(Cl)c3)CC(=O)N2Cc2ccc(OC)c(OC)c2)cc1. The predicted molar refractivity (Wildman–Crippen MR) is 146 cm³/mol. The first-order valence-electron chi connectivity index (χ1n) is 11.4. The lowest BCUT2D eigenvalue weighted by Gasteiger charge is -2.32. The number of nitrogens with zero attached hydrogens (tertiary/aromatic N) is 2. The van der Waals surface area contributed by atoms with Crippen LogP contribution in [0.1, 0.15) is 12.0 Å². The van der Waals surface area contributed by atoms with Crippen molar-refractivity contribution in [2.75, 3.05) is 26.6 Å². The lowest BCUT2D eigenvalue weighted by atomic mass is 10.1. The zero-order chi connectivity index (χ0) is 26.4. The van der Waals surface area contributed by atoms with Gasteiger partial charge in [0.05, 0.1) is 33.6 Å². The zero-order valence-corrected chi connectivity index (χ0v) is 22.1. The van der Waals surface area contributed by atoms with Gasteiger partial charge in [-0.1, -0.05) is 35.5 Å². The molecule has 1 fully saturated rings. The average molecular weight is 540 g/mol. The van der Waals surface area contributed by atoms with E-state index >= 15 is 0 Å². The van der Waals surface area contributed by atoms with E-state index in [1.807, 2.05) is 12.1 Å². The fourth-order valence-corrected chi connectivity index (χ4v) is 5.00. The molecule has 10 heteroatoms. The molecule has 2 amide bonds. The maximum absolute atomic E-state index is 13.4. The fraction of sp³-hybridized carbons (Fsp3) is 0.222. The summed E-state index contributed by atoms with van der Waals surface area (Å²) < 4.78 is 16.0. The largest absolute Gasteiger partial charge is 0.497 e. The molecule has 37 heavy (non-hydrogen) atoms. The van der Waals surface area contributed by atoms with E-state index in [4.69, 9.17) is 30.8 Å². The average Bonchev–Trinajstić information content (AvgIpc) is 2.90. The highest BCUT2D eigenvalue weighted by atomic mass is 35.5. The summed E-state index contributed by atoms with van der Waals surface area (Å²) in [4.78, 5) is 32.7. The molecule has 192 valence electrons. The van der Waals surface area contributed by atoms with E-state index in [9.17, 15) is 9.59 Å². The Hall–Kier alpha value is -3.69. The van der Waals surface area contributed by atoms with E-state index in [1.54, 1.807) is 80.8 Å². The van der Waals surface area contributed by atoms with Crippen molar-refractivity contribution in [1.29, 1.82) is 0 Å². The van der Waals surface area contributed by atoms with Crippen molar-refractivity contribution >= 4 is 51.7 Å². The summed E-state index contributed by atoms with van der Waals surface area (Å²) in [6.45, 7) is 0.254. The lowest BCUT2D eigenvalue weighted by Crippen LogP contribution is -2.44. The van der Waals surface area contributed by atoms with Crippen molar-refractivity contribution in [2.45, 2.75) is 18.2 Å². The quantitative estimate of drug-likeness (QED) is 0.405. The molecule has 0 aromatic heterocycles. The third kappa shape index (κ3) is 6.55. The molecule has 8 nitrogen and oxygen atoms in total. The third-order valence-corrected chi connectivity index (χ3v) is 7.03. The Labute approximate surface area is 224 Å². The van der Waals surface area contributed by atoms with Gasteiger partial charge >= 0.3 is 0 Å². The normalized spacial score (nSPS) is 16.4. The summed E-state index contributed by atoms with van der Waals surface area (Å²) in [5.41, 5.74) is 2.02. The van der Waals surface area contributed by atoms with E-state index in [0.717, 1.165) is 5.56 Å². The van der Waals surface area contributed by atoms with E-state index in [2.05, 4.69) is 5.32 Å². The van der Waals surface area contributed by atoms with E-state index in [0.29, 0.717) is 38.8 Å². The Morgan fingerprint density at radius 2 is 1.78 bits per heavy atom. The first-order valence-corrected chi connectivity index (χ1v) is 12.6. The maximum atomic E-state index is 13.4. The van der Waals surface area contributed by atoms with Gasteiger partial charge in [-0.15, -0.1) is 0 Å². The number of amidine groups is 1. The highest BCUT2D eigenvalue weighted by Gasteiger charge is 2.36. The number of carbonyl (C=O) groups excluding carboxylic acids is 2. The molecule has 1 unspecified atom stereocenters. The molecule has 1 aliphatic rings. The Morgan fingerprint density at radius 1 is 1.03 bits per heavy atom. The Morgan fingerprint density at radius 3 is 2.46 bits per heavy atom. The van der Waals surface area contributed by atoms with Crippen LogP contribution in [0.2, 0.25) is 5.02 Å². The van der Waals surface area contributed by atoms with Crippen LogP contribution < -0.4 is 19.5 Å². The minimum atomic E-state index is -0.662. The van der Waals surface area contributed by atoms with Gasteiger partial charge in [0.1, 0.15) is 11.0 Å². The summed E-state index contributed by atoms with van der Waals surface area (Å²) in [5, 5.41) is 3.11. The van der Waals surface area contributed by atoms with Gasteiger partial charge in [0, 0.05) is 17.1 Å². The van der Waals surface area contributed by atoms with Gasteiger partial charge in [-0.2, -0.15) is 0 Å². The van der Waals surface area contributed by atoms with Crippen LogP contribution in [0.4, 0.5) is 11.4 Å². The molecule has 3 aromatic carbocycles. The minimum absolute atomic E-state index is 0.0198. The van der Waals surface area contributed by atoms with Gasteiger partial charge in [0.2, 0.25) is 11.8 Å². The van der Waals surface area contributed by atoms with Crippen molar-refractivity contribution in [3.05, 3.63) is 77.3 Å². The van der Waals surface area contributed by atoms with Gasteiger partial charge in [-0.25, -0.2) is 4.99 Å². The summed E-state index contributed by atoms with van der Waals surface area (Å²) in [5.74, 6) is 1.33. The molecule has 4 rings (SSSR count). The molecule has 1 atom stereocenters. The number of methoxy groups -OCH3 is 3. The second-order valence-corrected chi connectivity index (χ2v) is 9.68. The number of anilines is 1. The van der Waals surface area contributed by atoms with Crippen LogP contribution in [-0.2, 0) is 16.1 Å². The van der Waals surface area contributed by atoms with Crippen LogP contribution in [0, 0.1) is 0 Å². The monoisotopic (exact) mass is 539 g/mol. The summed E-state index contributed by atoms with van der Waals surface area (Å²) in [6.07, 6.45) is 0.0198. The number of aliphatic imine (C=N–C) groups is 1. The number of benzene rings is 3. The molecule has 1 heterocycles. The second kappa shape index (κ2) is 12.0. The van der Waals surface area contributed by atoms with Crippen molar-refractivity contribution in [1.82, 2.24) is 4.90 Å². The fourth-order valence-electron chi connectivity index (χ4n) is 3.71. The number of hydrogen-bond donors (Lipinski definition) is 1. The van der Waals surface area contributed by atoms with Crippen LogP contribution >= 0.6 is 23.4 Å². The number of halogens is 1. The smallest absolute Gasteiger partial charge is 0.238 e. The van der Waals surface area contributed by atoms with Gasteiger partial charge in [0.15, 0.2) is 16.7 Å². The number of nitrogens with one attached hydrogen (secondary N) is 1. The van der Waals surface area contributed by atoms with Crippen LogP contribution in [0.3, 0.4) is 0 Å². The van der Waals surface area contributed by atoms with Crippen LogP contribution in [0.25, 0.3) is 0 Å². The summed E-state index contributed by atoms with van der Waals surface area (Å²) >= 11 is 7.29. The maximum Gasteiger partial charge on any atom is 0.238 e. The summed E-state index contributed by atoms with van der Waals surface area (Å²) in [6, 6.07) is 19.5. The lowest BCUT2D eigenvalue weighted by molar-refractivity contribution is -0.129. The number of carbonyl (C=O) groups is 2. The van der Waals surface area contributed by atoms with Crippen molar-refractivity contribution in [3.8, 4) is 17.2 Å². The number of amides is 2. The van der Waals surface area contributed by atoms with Crippen LogP contribution in [0.15, 0.2) is 71.7 Å². The first kappa shape index (κ1) is 26.4. The Balaban J connectivity index is 1.62. The topological polar surface area (TPSA) is 89.5 Å². The van der Waals surface area contributed by atoms with Crippen molar-refractivity contribution < 1.29 is 23.8 Å². The molecule has 1 aliphatic heterocycles. The van der Waals surface area contributed by atoms with Gasteiger partial charge < -0.3 is 19.5 Å². The zero-order valence-electron chi connectivity index (χ0n) is 20.6. The van der Waals surface area contributed by atoms with Gasteiger partial charge in [0.25, 0.3) is 0 Å². The van der Waals surface area contributed by atoms with Crippen molar-refractivity contribution in [3.63, 3.8) is 0 Å². The Kier molecular flexibility index (Phi) is 8.58. The number of rotatable bonds is 8. The first-order chi connectivity index (χ1) is 17.9. The Bertz CT molecular complexity index is 1320. The van der Waals surface area contributed by atoms with E-state index < -0.39 is 5.25 Å². The molecule has 1 saturated heterocycles. The molecule has 0 bridgehead atoms. The molecular weight excluding hydrogens is 514 g/mol. The van der Waals surface area contributed by atoms with Crippen LogP contribution in [0.5, 0.6) is 17.2 Å². The molecule has 0 saturated carbocycles. The molecule has 0 radical (unpaired) electrons. The highest BCUT2D eigenvalue weighted by molar-refractivity contribution is 8.15. The van der Waals surface area contributed by atoms with Crippen molar-refractivity contribution in [2.24, 2.45) is 4.99 Å². The van der Waals surface area contributed by atoms with E-state index in [1.165, 1.54) is 11.8 Å². The number of hydrogen-bond acceptors (Lipinski definition) is 7. The van der Waals surface area contributed by atoms with Gasteiger partial charge in [-0.05, 0) is 60.2 Å².